The molecule has 0 aliphatic rings. The van der Waals surface area contributed by atoms with Gasteiger partial charge >= 0.3 is 11.9 Å². The Hall–Kier alpha value is -2.88. The zero-order valence-electron chi connectivity index (χ0n) is 13.6. The molecule has 10 heteroatoms. The number of nitrogens with zero attached hydrogens (tertiary/aromatic N) is 2. The molecule has 3 aromatic rings. The van der Waals surface area contributed by atoms with Gasteiger partial charge < -0.3 is 5.11 Å². The van der Waals surface area contributed by atoms with E-state index < -0.39 is 36.5 Å². The molecule has 0 bridgehead atoms. The normalized spacial score (nSPS) is 13.3. The molecule has 0 aliphatic carbocycles. The number of hydrogen-bond donors (Lipinski definition) is 3. The molecule has 3 rings (SSSR count). The summed E-state index contributed by atoms with van der Waals surface area (Å²) in [6.07, 6.45) is -5.78. The molecule has 26 heavy (non-hydrogen) atoms. The average Bonchev–Trinajstić information content (AvgIpc) is 2.91. The molecule has 0 radical (unpaired) electrons. The van der Waals surface area contributed by atoms with Crippen LogP contribution in [0.3, 0.4) is 0 Å². The predicted octanol–water partition coefficient (Wildman–Crippen LogP) is 1.76. The van der Waals surface area contributed by atoms with Crippen LogP contribution in [0.2, 0.25) is 0 Å². The first-order valence-corrected chi connectivity index (χ1v) is 7.67. The van der Waals surface area contributed by atoms with Crippen molar-refractivity contribution in [3.63, 3.8) is 0 Å². The Morgan fingerprint density at radius 3 is 2.42 bits per heavy atom. The molecule has 1 atom stereocenters. The lowest BCUT2D eigenvalue weighted by molar-refractivity contribution is -0.140. The maximum Gasteiger partial charge on any atom is 0.391 e. The number of H-pyrrole nitrogens is 2. The molecule has 0 aliphatic heterocycles. The number of hydrogen-bond acceptors (Lipinski definition) is 4. The van der Waals surface area contributed by atoms with Gasteiger partial charge in [-0.25, -0.2) is 9.48 Å². The largest absolute Gasteiger partial charge is 0.391 e. The van der Waals surface area contributed by atoms with Crippen LogP contribution in [0.5, 0.6) is 0 Å². The number of aliphatic hydroxyl groups is 1. The van der Waals surface area contributed by atoms with Crippen molar-refractivity contribution in [2.24, 2.45) is 0 Å². The van der Waals surface area contributed by atoms with E-state index in [0.717, 1.165) is 10.2 Å². The summed E-state index contributed by atoms with van der Waals surface area (Å²) in [6, 6.07) is 5.07. The first-order chi connectivity index (χ1) is 12.2. The van der Waals surface area contributed by atoms with Crippen LogP contribution in [0.1, 0.15) is 29.3 Å². The quantitative estimate of drug-likeness (QED) is 0.653. The SMILES string of the molecule is Cc1ccc([C@H](CC(F)(F)F)n2nc(CO)c3c(=O)[nH]c(=O)[nH]c32)cc1. The first kappa shape index (κ1) is 17.9. The zero-order valence-corrected chi connectivity index (χ0v) is 13.6. The fourth-order valence-electron chi connectivity index (χ4n) is 2.83. The van der Waals surface area contributed by atoms with Crippen molar-refractivity contribution in [3.05, 3.63) is 61.9 Å². The summed E-state index contributed by atoms with van der Waals surface area (Å²) in [5, 5.41) is 13.2. The van der Waals surface area contributed by atoms with E-state index in [0.29, 0.717) is 5.56 Å². The molecule has 2 heterocycles. The lowest BCUT2D eigenvalue weighted by Gasteiger charge is -2.20. The Balaban J connectivity index is 2.28. The number of nitrogens with one attached hydrogen (secondary N) is 2. The van der Waals surface area contributed by atoms with E-state index in [1.165, 1.54) is 12.1 Å². The molecule has 0 saturated heterocycles. The number of aryl methyl sites for hydroxylation is 1. The Morgan fingerprint density at radius 1 is 1.19 bits per heavy atom. The van der Waals surface area contributed by atoms with E-state index in [1.807, 2.05) is 4.98 Å². The number of rotatable bonds is 4. The molecule has 3 N–H and O–H groups in total. The Labute approximate surface area is 144 Å². The second-order valence-corrected chi connectivity index (χ2v) is 5.93. The van der Waals surface area contributed by atoms with Crippen molar-refractivity contribution >= 4 is 11.0 Å². The van der Waals surface area contributed by atoms with E-state index >= 15 is 0 Å². The van der Waals surface area contributed by atoms with Gasteiger partial charge in [0.2, 0.25) is 0 Å². The highest BCUT2D eigenvalue weighted by atomic mass is 19.4. The second kappa shape index (κ2) is 6.45. The van der Waals surface area contributed by atoms with E-state index in [1.54, 1.807) is 19.1 Å². The highest BCUT2D eigenvalue weighted by Gasteiger charge is 2.35. The molecule has 0 fully saturated rings. The first-order valence-electron chi connectivity index (χ1n) is 7.67. The van der Waals surface area contributed by atoms with E-state index in [4.69, 9.17) is 0 Å². The Bertz CT molecular complexity index is 1050. The van der Waals surface area contributed by atoms with Gasteiger partial charge in [0.15, 0.2) is 0 Å². The monoisotopic (exact) mass is 368 g/mol. The maximum absolute atomic E-state index is 13.2. The van der Waals surface area contributed by atoms with Crippen LogP contribution >= 0.6 is 0 Å². The molecule has 0 unspecified atom stereocenters. The predicted molar refractivity (Wildman–Crippen MR) is 86.9 cm³/mol. The van der Waals surface area contributed by atoms with Crippen LogP contribution in [0.25, 0.3) is 11.0 Å². The Morgan fingerprint density at radius 2 is 1.85 bits per heavy atom. The lowest BCUT2D eigenvalue weighted by atomic mass is 10.0. The highest BCUT2D eigenvalue weighted by Crippen LogP contribution is 2.34. The molecular formula is C16H15F3N4O3. The average molecular weight is 368 g/mol. The van der Waals surface area contributed by atoms with Crippen molar-refractivity contribution < 1.29 is 18.3 Å². The van der Waals surface area contributed by atoms with Gasteiger partial charge in [0, 0.05) is 0 Å². The molecule has 0 spiro atoms. The Kier molecular flexibility index (Phi) is 4.45. The molecule has 0 amide bonds. The molecule has 0 saturated carbocycles. The molecule has 138 valence electrons. The summed E-state index contributed by atoms with van der Waals surface area (Å²) in [5.41, 5.74) is -0.806. The highest BCUT2D eigenvalue weighted by molar-refractivity contribution is 5.77. The lowest BCUT2D eigenvalue weighted by Crippen LogP contribution is -2.25. The van der Waals surface area contributed by atoms with E-state index in [9.17, 15) is 27.9 Å². The van der Waals surface area contributed by atoms with E-state index in [2.05, 4.69) is 10.1 Å². The van der Waals surface area contributed by atoms with Gasteiger partial charge in [-0.2, -0.15) is 18.3 Å². The van der Waals surface area contributed by atoms with Gasteiger partial charge in [0.1, 0.15) is 16.7 Å². The minimum absolute atomic E-state index is 0.114. The van der Waals surface area contributed by atoms with E-state index in [-0.39, 0.29) is 16.7 Å². The summed E-state index contributed by atoms with van der Waals surface area (Å²) in [6.45, 7) is 1.14. The van der Waals surface area contributed by atoms with Gasteiger partial charge in [-0.15, -0.1) is 0 Å². The van der Waals surface area contributed by atoms with Crippen molar-refractivity contribution in [2.75, 3.05) is 0 Å². The second-order valence-electron chi connectivity index (χ2n) is 5.93. The fourth-order valence-corrected chi connectivity index (χ4v) is 2.83. The van der Waals surface area contributed by atoms with Crippen LogP contribution in [-0.2, 0) is 6.61 Å². The zero-order chi connectivity index (χ0) is 19.1. The number of alkyl halides is 3. The van der Waals surface area contributed by atoms with Gasteiger partial charge in [0.05, 0.1) is 19.1 Å². The number of benzene rings is 1. The van der Waals surface area contributed by atoms with Gasteiger partial charge in [-0.3, -0.25) is 14.8 Å². The summed E-state index contributed by atoms with van der Waals surface area (Å²) in [5.74, 6) is 0. The van der Waals surface area contributed by atoms with Gasteiger partial charge in [0.25, 0.3) is 5.56 Å². The fraction of sp³-hybridized carbons (Fsp3) is 0.312. The summed E-state index contributed by atoms with van der Waals surface area (Å²) < 4.78 is 40.5. The van der Waals surface area contributed by atoms with Crippen molar-refractivity contribution in [2.45, 2.75) is 32.2 Å². The minimum Gasteiger partial charge on any atom is -0.390 e. The maximum atomic E-state index is 13.2. The van der Waals surface area contributed by atoms with Crippen LogP contribution in [0.4, 0.5) is 13.2 Å². The third-order valence-corrected chi connectivity index (χ3v) is 4.00. The smallest absolute Gasteiger partial charge is 0.390 e. The van der Waals surface area contributed by atoms with Crippen LogP contribution in [0, 0.1) is 6.92 Å². The third-order valence-electron chi connectivity index (χ3n) is 4.00. The molecule has 7 nitrogen and oxygen atoms in total. The van der Waals surface area contributed by atoms with Crippen LogP contribution in [-0.4, -0.2) is 31.0 Å². The number of fused-ring (bicyclic) bond motifs is 1. The molecule has 1 aromatic carbocycles. The van der Waals surface area contributed by atoms with Crippen molar-refractivity contribution in [1.82, 2.24) is 19.7 Å². The van der Waals surface area contributed by atoms with Crippen molar-refractivity contribution in [1.29, 1.82) is 0 Å². The molecule has 2 aromatic heterocycles. The number of halogens is 3. The summed E-state index contributed by atoms with van der Waals surface area (Å²) >= 11 is 0. The number of aliphatic hydroxyl groups excluding tert-OH is 1. The summed E-state index contributed by atoms with van der Waals surface area (Å²) in [4.78, 5) is 27.9. The number of aromatic amines is 2. The van der Waals surface area contributed by atoms with Gasteiger partial charge in [-0.1, -0.05) is 29.8 Å². The minimum atomic E-state index is -4.52. The molecular weight excluding hydrogens is 353 g/mol. The topological polar surface area (TPSA) is 104 Å². The van der Waals surface area contributed by atoms with Gasteiger partial charge in [-0.05, 0) is 12.5 Å². The third kappa shape index (κ3) is 3.40. The van der Waals surface area contributed by atoms with Crippen LogP contribution in [0.15, 0.2) is 33.9 Å². The summed E-state index contributed by atoms with van der Waals surface area (Å²) in [7, 11) is 0. The number of aromatic nitrogens is 4. The standard InChI is InChI=1S/C16H15F3N4O3/c1-8-2-4-9(5-3-8)11(6-16(17,18)19)23-13-12(10(7-24)22-23)14(25)21-15(26)20-13/h2-5,11,24H,6-7H2,1H3,(H2,20,21,25,26)/t11-/m0/s1. The van der Waals surface area contributed by atoms with Crippen molar-refractivity contribution in [3.8, 4) is 0 Å². The van der Waals surface area contributed by atoms with Crippen LogP contribution < -0.4 is 11.2 Å².